The van der Waals surface area contributed by atoms with Crippen molar-refractivity contribution in [3.63, 3.8) is 0 Å². The highest BCUT2D eigenvalue weighted by Gasteiger charge is 2.04. The second kappa shape index (κ2) is 7.93. The normalized spacial score (nSPS) is 10.6. The van der Waals surface area contributed by atoms with Crippen LogP contribution in [-0.2, 0) is 0 Å². The number of benzene rings is 1. The highest BCUT2D eigenvalue weighted by Crippen LogP contribution is 2.27. The molecular formula is C17H20N4O2. The third-order valence-electron chi connectivity index (χ3n) is 2.90. The monoisotopic (exact) mass is 312 g/mol. The molecule has 2 rings (SSSR count). The molecule has 0 aliphatic rings. The van der Waals surface area contributed by atoms with Crippen LogP contribution in [0.15, 0.2) is 42.0 Å². The number of nitrogens with one attached hydrogen (secondary N) is 1. The third kappa shape index (κ3) is 4.81. The highest BCUT2D eigenvalue weighted by molar-refractivity contribution is 5.81. The third-order valence-corrected chi connectivity index (χ3v) is 2.90. The molecule has 120 valence electrons. The number of aryl methyl sites for hydroxylation is 2. The van der Waals surface area contributed by atoms with E-state index in [2.05, 4.69) is 27.1 Å². The molecule has 1 N–H and O–H groups in total. The fourth-order valence-electron chi connectivity index (χ4n) is 1.97. The molecule has 6 nitrogen and oxygen atoms in total. The first-order valence-corrected chi connectivity index (χ1v) is 7.15. The lowest BCUT2D eigenvalue weighted by atomic mass is 10.2. The molecular weight excluding hydrogens is 292 g/mol. The van der Waals surface area contributed by atoms with E-state index in [9.17, 15) is 0 Å². The second-order valence-electron chi connectivity index (χ2n) is 4.85. The van der Waals surface area contributed by atoms with E-state index in [1.165, 1.54) is 0 Å². The van der Waals surface area contributed by atoms with Crippen LogP contribution in [0.25, 0.3) is 0 Å². The van der Waals surface area contributed by atoms with E-state index in [0.29, 0.717) is 24.1 Å². The lowest BCUT2D eigenvalue weighted by Gasteiger charge is -2.09. The molecule has 0 radical (unpaired) electrons. The molecule has 0 amide bonds. The lowest BCUT2D eigenvalue weighted by Crippen LogP contribution is -2.00. The van der Waals surface area contributed by atoms with Crippen LogP contribution >= 0.6 is 0 Å². The molecule has 0 saturated carbocycles. The predicted molar refractivity (Wildman–Crippen MR) is 91.4 cm³/mol. The Morgan fingerprint density at radius 3 is 2.57 bits per heavy atom. The van der Waals surface area contributed by atoms with Gasteiger partial charge in [-0.15, -0.1) is 0 Å². The Kier molecular flexibility index (Phi) is 5.68. The largest absolute Gasteiger partial charge is 0.493 e. The van der Waals surface area contributed by atoms with Crippen molar-refractivity contribution >= 4 is 12.2 Å². The fourth-order valence-corrected chi connectivity index (χ4v) is 1.97. The van der Waals surface area contributed by atoms with Crippen LogP contribution in [0.1, 0.15) is 17.0 Å². The standard InChI is InChI=1S/C17H20N4O2/c1-5-8-23-15-7-6-14(10-16(15)22-4)11-18-21-17-19-12(2)9-13(3)20-17/h5-7,9-11H,1,8H2,2-4H3,(H,19,20,21)/b18-11-. The van der Waals surface area contributed by atoms with Crippen molar-refractivity contribution in [2.75, 3.05) is 19.1 Å². The number of hydrazone groups is 1. The first kappa shape index (κ1) is 16.5. The molecule has 1 heterocycles. The van der Waals surface area contributed by atoms with Gasteiger partial charge in [0.05, 0.1) is 13.3 Å². The lowest BCUT2D eigenvalue weighted by molar-refractivity contribution is 0.326. The fraction of sp³-hybridized carbons (Fsp3) is 0.235. The highest BCUT2D eigenvalue weighted by atomic mass is 16.5. The summed E-state index contributed by atoms with van der Waals surface area (Å²) in [5.74, 6) is 1.77. The molecule has 0 aliphatic carbocycles. The quantitative estimate of drug-likeness (QED) is 0.483. The molecule has 0 saturated heterocycles. The first-order chi connectivity index (χ1) is 11.1. The zero-order valence-electron chi connectivity index (χ0n) is 13.5. The van der Waals surface area contributed by atoms with Crippen molar-refractivity contribution in [3.8, 4) is 11.5 Å². The number of nitrogens with zero attached hydrogens (tertiary/aromatic N) is 3. The molecule has 0 bridgehead atoms. The summed E-state index contributed by atoms with van der Waals surface area (Å²) in [7, 11) is 1.60. The minimum absolute atomic E-state index is 0.426. The van der Waals surface area contributed by atoms with Gasteiger partial charge in [0.2, 0.25) is 5.95 Å². The number of ether oxygens (including phenoxy) is 2. The molecule has 2 aromatic rings. The van der Waals surface area contributed by atoms with Crippen LogP contribution in [0, 0.1) is 13.8 Å². The van der Waals surface area contributed by atoms with Gasteiger partial charge in [0.1, 0.15) is 6.61 Å². The summed E-state index contributed by atoms with van der Waals surface area (Å²) in [4.78, 5) is 8.51. The molecule has 0 unspecified atom stereocenters. The SMILES string of the molecule is C=CCOc1ccc(/C=N\Nc2nc(C)cc(C)n2)cc1OC. The zero-order chi connectivity index (χ0) is 16.7. The van der Waals surface area contributed by atoms with Gasteiger partial charge in [0.25, 0.3) is 0 Å². The van der Waals surface area contributed by atoms with E-state index in [0.717, 1.165) is 17.0 Å². The van der Waals surface area contributed by atoms with Crippen molar-refractivity contribution in [3.05, 3.63) is 53.9 Å². The molecule has 0 aliphatic heterocycles. The molecule has 1 aromatic carbocycles. The Labute approximate surface area is 135 Å². The number of aromatic nitrogens is 2. The van der Waals surface area contributed by atoms with Crippen molar-refractivity contribution in [2.45, 2.75) is 13.8 Å². The van der Waals surface area contributed by atoms with Crippen molar-refractivity contribution < 1.29 is 9.47 Å². The maximum atomic E-state index is 5.51. The van der Waals surface area contributed by atoms with E-state index in [4.69, 9.17) is 9.47 Å². The molecule has 23 heavy (non-hydrogen) atoms. The summed E-state index contributed by atoms with van der Waals surface area (Å²) in [6.07, 6.45) is 3.35. The van der Waals surface area contributed by atoms with Gasteiger partial charge in [-0.2, -0.15) is 5.10 Å². The maximum absolute atomic E-state index is 5.51. The van der Waals surface area contributed by atoms with Crippen molar-refractivity contribution in [1.29, 1.82) is 0 Å². The minimum atomic E-state index is 0.426. The number of methoxy groups -OCH3 is 1. The number of rotatable bonds is 7. The van der Waals surface area contributed by atoms with Gasteiger partial charge in [-0.05, 0) is 43.7 Å². The summed E-state index contributed by atoms with van der Waals surface area (Å²) < 4.78 is 10.8. The number of anilines is 1. The van der Waals surface area contributed by atoms with Gasteiger partial charge < -0.3 is 9.47 Å². The summed E-state index contributed by atoms with van der Waals surface area (Å²) in [5.41, 5.74) is 5.47. The number of hydrogen-bond donors (Lipinski definition) is 1. The predicted octanol–water partition coefficient (Wildman–Crippen LogP) is 3.11. The summed E-state index contributed by atoms with van der Waals surface area (Å²) in [5, 5.41) is 4.15. The summed E-state index contributed by atoms with van der Waals surface area (Å²) in [6, 6.07) is 7.46. The van der Waals surface area contributed by atoms with Crippen LogP contribution in [0.4, 0.5) is 5.95 Å². The Bertz CT molecular complexity index is 693. The maximum Gasteiger partial charge on any atom is 0.243 e. The van der Waals surface area contributed by atoms with Crippen LogP contribution in [0.3, 0.4) is 0 Å². The second-order valence-corrected chi connectivity index (χ2v) is 4.85. The molecule has 1 aromatic heterocycles. The van der Waals surface area contributed by atoms with Crippen LogP contribution in [0.5, 0.6) is 11.5 Å². The molecule has 0 fully saturated rings. The van der Waals surface area contributed by atoms with E-state index in [-0.39, 0.29) is 0 Å². The Balaban J connectivity index is 2.08. The zero-order valence-corrected chi connectivity index (χ0v) is 13.5. The van der Waals surface area contributed by atoms with Gasteiger partial charge in [-0.3, -0.25) is 0 Å². The average molecular weight is 312 g/mol. The molecule has 0 atom stereocenters. The van der Waals surface area contributed by atoms with Crippen LogP contribution < -0.4 is 14.9 Å². The van der Waals surface area contributed by atoms with Gasteiger partial charge in [0.15, 0.2) is 11.5 Å². The Morgan fingerprint density at radius 1 is 1.17 bits per heavy atom. The summed E-state index contributed by atoms with van der Waals surface area (Å²) >= 11 is 0. The Morgan fingerprint density at radius 2 is 1.91 bits per heavy atom. The topological polar surface area (TPSA) is 68.6 Å². The molecule has 0 spiro atoms. The average Bonchev–Trinajstić information content (AvgIpc) is 2.52. The van der Waals surface area contributed by atoms with Crippen LogP contribution in [-0.4, -0.2) is 29.9 Å². The van der Waals surface area contributed by atoms with E-state index >= 15 is 0 Å². The first-order valence-electron chi connectivity index (χ1n) is 7.15. The smallest absolute Gasteiger partial charge is 0.243 e. The van der Waals surface area contributed by atoms with Gasteiger partial charge in [-0.25, -0.2) is 15.4 Å². The van der Waals surface area contributed by atoms with Crippen molar-refractivity contribution in [2.24, 2.45) is 5.10 Å². The van der Waals surface area contributed by atoms with Crippen molar-refractivity contribution in [1.82, 2.24) is 9.97 Å². The minimum Gasteiger partial charge on any atom is -0.493 e. The van der Waals surface area contributed by atoms with E-state index < -0.39 is 0 Å². The molecule has 6 heteroatoms. The number of hydrogen-bond acceptors (Lipinski definition) is 6. The van der Waals surface area contributed by atoms with E-state index in [1.807, 2.05) is 38.1 Å². The van der Waals surface area contributed by atoms with Gasteiger partial charge >= 0.3 is 0 Å². The summed E-state index contributed by atoms with van der Waals surface area (Å²) in [6.45, 7) is 7.88. The van der Waals surface area contributed by atoms with Crippen LogP contribution in [0.2, 0.25) is 0 Å². The van der Waals surface area contributed by atoms with Gasteiger partial charge in [0, 0.05) is 11.4 Å². The van der Waals surface area contributed by atoms with E-state index in [1.54, 1.807) is 19.4 Å². The Hall–Kier alpha value is -2.89. The van der Waals surface area contributed by atoms with Gasteiger partial charge in [-0.1, -0.05) is 12.7 Å².